The van der Waals surface area contributed by atoms with Gasteiger partial charge in [0.1, 0.15) is 0 Å². The molecule has 2 unspecified atom stereocenters. The molecular weight excluding hydrogens is 228 g/mol. The van der Waals surface area contributed by atoms with Crippen molar-refractivity contribution in [1.82, 2.24) is 10.6 Å². The summed E-state index contributed by atoms with van der Waals surface area (Å²) in [5.74, 6) is 0.698. The van der Waals surface area contributed by atoms with E-state index < -0.39 is 0 Å². The van der Waals surface area contributed by atoms with Crippen molar-refractivity contribution in [3.8, 4) is 0 Å². The first-order valence-electron chi connectivity index (χ1n) is 7.13. The molecule has 1 aliphatic heterocycles. The summed E-state index contributed by atoms with van der Waals surface area (Å²) in [6, 6.07) is 0.726. The van der Waals surface area contributed by atoms with Crippen LogP contribution in [0, 0.1) is 5.92 Å². The average Bonchev–Trinajstić information content (AvgIpc) is 2.28. The zero-order valence-electron chi connectivity index (χ0n) is 12.2. The molecule has 1 aliphatic rings. The van der Waals surface area contributed by atoms with Crippen LogP contribution in [0.4, 0.5) is 0 Å². The van der Waals surface area contributed by atoms with Crippen molar-refractivity contribution in [2.24, 2.45) is 5.92 Å². The fraction of sp³-hybridized carbons (Fsp3) is 0.929. The molecule has 0 saturated carbocycles. The molecule has 4 heteroatoms. The maximum atomic E-state index is 11.5. The second kappa shape index (κ2) is 7.74. The Hall–Kier alpha value is -0.610. The first-order chi connectivity index (χ1) is 8.49. The molecule has 0 aromatic heterocycles. The highest BCUT2D eigenvalue weighted by Gasteiger charge is 2.24. The molecule has 0 radical (unpaired) electrons. The quantitative estimate of drug-likeness (QED) is 0.760. The lowest BCUT2D eigenvalue weighted by Gasteiger charge is -2.32. The van der Waals surface area contributed by atoms with Crippen molar-refractivity contribution in [1.29, 1.82) is 0 Å². The third kappa shape index (κ3) is 5.83. The number of hydrogen-bond acceptors (Lipinski definition) is 3. The van der Waals surface area contributed by atoms with Gasteiger partial charge in [0.2, 0.25) is 5.91 Å². The summed E-state index contributed by atoms with van der Waals surface area (Å²) in [5, 5.41) is 6.37. The van der Waals surface area contributed by atoms with E-state index in [-0.39, 0.29) is 11.9 Å². The normalized spacial score (nSPS) is 24.6. The summed E-state index contributed by atoms with van der Waals surface area (Å²) in [5.41, 5.74) is 0. The van der Waals surface area contributed by atoms with Crippen LogP contribution in [0.5, 0.6) is 0 Å². The van der Waals surface area contributed by atoms with Gasteiger partial charge in [0.25, 0.3) is 0 Å². The minimum absolute atomic E-state index is 0.130. The number of ether oxygens (including phenoxy) is 1. The maximum Gasteiger partial charge on any atom is 0.221 e. The predicted molar refractivity (Wildman–Crippen MR) is 73.5 cm³/mol. The van der Waals surface area contributed by atoms with Crippen LogP contribution in [-0.4, -0.2) is 37.2 Å². The van der Waals surface area contributed by atoms with Crippen molar-refractivity contribution < 1.29 is 9.53 Å². The van der Waals surface area contributed by atoms with Gasteiger partial charge in [-0.15, -0.1) is 0 Å². The monoisotopic (exact) mass is 256 g/mol. The van der Waals surface area contributed by atoms with Crippen molar-refractivity contribution >= 4 is 5.91 Å². The molecule has 2 atom stereocenters. The SMILES string of the molecule is CC(C)NC(=O)CCNC1CCOC(C(C)C)C1. The first kappa shape index (κ1) is 15.4. The lowest BCUT2D eigenvalue weighted by molar-refractivity contribution is -0.121. The van der Waals surface area contributed by atoms with Crippen molar-refractivity contribution in [3.63, 3.8) is 0 Å². The molecule has 4 nitrogen and oxygen atoms in total. The summed E-state index contributed by atoms with van der Waals surface area (Å²) in [6.07, 6.45) is 3.03. The van der Waals surface area contributed by atoms with Crippen LogP contribution in [-0.2, 0) is 9.53 Å². The van der Waals surface area contributed by atoms with Gasteiger partial charge in [-0.3, -0.25) is 4.79 Å². The maximum absolute atomic E-state index is 11.5. The fourth-order valence-corrected chi connectivity index (χ4v) is 2.26. The van der Waals surface area contributed by atoms with E-state index in [1.165, 1.54) is 0 Å². The molecule has 106 valence electrons. The molecule has 18 heavy (non-hydrogen) atoms. The highest BCUT2D eigenvalue weighted by molar-refractivity contribution is 5.76. The van der Waals surface area contributed by atoms with Crippen LogP contribution < -0.4 is 10.6 Å². The van der Waals surface area contributed by atoms with Crippen molar-refractivity contribution in [3.05, 3.63) is 0 Å². The fourth-order valence-electron chi connectivity index (χ4n) is 2.26. The van der Waals surface area contributed by atoms with Gasteiger partial charge in [-0.1, -0.05) is 13.8 Å². The Kier molecular flexibility index (Phi) is 6.65. The largest absolute Gasteiger partial charge is 0.378 e. The Morgan fingerprint density at radius 2 is 2.06 bits per heavy atom. The van der Waals surface area contributed by atoms with Gasteiger partial charge < -0.3 is 15.4 Å². The van der Waals surface area contributed by atoms with E-state index in [1.54, 1.807) is 0 Å². The van der Waals surface area contributed by atoms with Gasteiger partial charge in [0.15, 0.2) is 0 Å². The zero-order chi connectivity index (χ0) is 13.5. The number of amides is 1. The van der Waals surface area contributed by atoms with Crippen molar-refractivity contribution in [2.45, 2.75) is 65.1 Å². The van der Waals surface area contributed by atoms with Crippen LogP contribution in [0.1, 0.15) is 47.0 Å². The molecule has 0 aromatic rings. The lowest BCUT2D eigenvalue weighted by Crippen LogP contribution is -2.42. The van der Waals surface area contributed by atoms with Gasteiger partial charge in [0, 0.05) is 31.7 Å². The number of carbonyl (C=O) groups excluding carboxylic acids is 1. The Morgan fingerprint density at radius 3 is 2.67 bits per heavy atom. The molecule has 1 amide bonds. The summed E-state index contributed by atoms with van der Waals surface area (Å²) < 4.78 is 5.73. The number of rotatable bonds is 6. The molecule has 1 rings (SSSR count). The van der Waals surface area contributed by atoms with E-state index in [2.05, 4.69) is 24.5 Å². The molecular formula is C14H28N2O2. The van der Waals surface area contributed by atoms with Gasteiger partial charge in [-0.2, -0.15) is 0 Å². The van der Waals surface area contributed by atoms with E-state index in [0.717, 1.165) is 26.0 Å². The third-order valence-corrected chi connectivity index (χ3v) is 3.29. The Balaban J connectivity index is 2.17. The molecule has 2 N–H and O–H groups in total. The zero-order valence-corrected chi connectivity index (χ0v) is 12.2. The Bertz CT molecular complexity index is 254. The summed E-state index contributed by atoms with van der Waals surface area (Å²) in [7, 11) is 0. The standard InChI is InChI=1S/C14H28N2O2/c1-10(2)13-9-12(6-8-18-13)15-7-5-14(17)16-11(3)4/h10-13,15H,5-9H2,1-4H3,(H,16,17). The second-order valence-electron chi connectivity index (χ2n) is 5.80. The van der Waals surface area contributed by atoms with Crippen LogP contribution in [0.25, 0.3) is 0 Å². The number of carbonyl (C=O) groups is 1. The molecule has 0 aliphatic carbocycles. The third-order valence-electron chi connectivity index (χ3n) is 3.29. The van der Waals surface area contributed by atoms with Gasteiger partial charge >= 0.3 is 0 Å². The molecule has 1 saturated heterocycles. The molecule has 0 spiro atoms. The number of nitrogens with one attached hydrogen (secondary N) is 2. The van der Waals surface area contributed by atoms with E-state index in [9.17, 15) is 4.79 Å². The summed E-state index contributed by atoms with van der Waals surface area (Å²) in [4.78, 5) is 11.5. The predicted octanol–water partition coefficient (Wildman–Crippen LogP) is 1.69. The highest BCUT2D eigenvalue weighted by atomic mass is 16.5. The van der Waals surface area contributed by atoms with Crippen LogP contribution in [0.2, 0.25) is 0 Å². The van der Waals surface area contributed by atoms with Gasteiger partial charge in [0.05, 0.1) is 6.10 Å². The van der Waals surface area contributed by atoms with E-state index in [0.29, 0.717) is 24.5 Å². The Morgan fingerprint density at radius 1 is 1.33 bits per heavy atom. The number of hydrogen-bond donors (Lipinski definition) is 2. The molecule has 1 heterocycles. The van der Waals surface area contributed by atoms with Gasteiger partial charge in [-0.05, 0) is 32.6 Å². The van der Waals surface area contributed by atoms with Crippen LogP contribution in [0.3, 0.4) is 0 Å². The second-order valence-corrected chi connectivity index (χ2v) is 5.80. The molecule has 0 aromatic carbocycles. The first-order valence-corrected chi connectivity index (χ1v) is 7.13. The lowest BCUT2D eigenvalue weighted by atomic mass is 9.95. The highest BCUT2D eigenvalue weighted by Crippen LogP contribution is 2.19. The van der Waals surface area contributed by atoms with E-state index >= 15 is 0 Å². The molecule has 0 bridgehead atoms. The van der Waals surface area contributed by atoms with Crippen LogP contribution >= 0.6 is 0 Å². The topological polar surface area (TPSA) is 50.4 Å². The summed E-state index contributed by atoms with van der Waals surface area (Å²) in [6.45, 7) is 9.95. The average molecular weight is 256 g/mol. The Labute approximate surface area is 111 Å². The molecule has 1 fully saturated rings. The minimum atomic E-state index is 0.130. The van der Waals surface area contributed by atoms with E-state index in [4.69, 9.17) is 4.74 Å². The minimum Gasteiger partial charge on any atom is -0.378 e. The van der Waals surface area contributed by atoms with Crippen LogP contribution in [0.15, 0.2) is 0 Å². The van der Waals surface area contributed by atoms with E-state index in [1.807, 2.05) is 13.8 Å². The van der Waals surface area contributed by atoms with Gasteiger partial charge in [-0.25, -0.2) is 0 Å². The smallest absolute Gasteiger partial charge is 0.221 e. The van der Waals surface area contributed by atoms with Crippen molar-refractivity contribution in [2.75, 3.05) is 13.2 Å². The summed E-state index contributed by atoms with van der Waals surface area (Å²) >= 11 is 0.